The first-order valence-electron chi connectivity index (χ1n) is 9.28. The molecule has 0 radical (unpaired) electrons. The maximum Gasteiger partial charge on any atom is 0.213 e. The van der Waals surface area contributed by atoms with Crippen LogP contribution in [0.4, 0.5) is 0 Å². The SMILES string of the molecule is CCNC(=NCCOc1ccc(Cl)cn1)NC1CCCC(S(=O)CC)C1.I. The first-order valence-corrected chi connectivity index (χ1v) is 11.0. The molecule has 1 fully saturated rings. The minimum Gasteiger partial charge on any atom is -0.476 e. The molecule has 0 saturated heterocycles. The Hall–Kier alpha value is -0.610. The van der Waals surface area contributed by atoms with Gasteiger partial charge in [0.05, 0.1) is 11.6 Å². The second kappa shape index (κ2) is 13.5. The lowest BCUT2D eigenvalue weighted by Crippen LogP contribution is -2.46. The number of hydrogen-bond donors (Lipinski definition) is 2. The zero-order valence-electron chi connectivity index (χ0n) is 15.9. The highest BCUT2D eigenvalue weighted by Crippen LogP contribution is 2.23. The average molecular weight is 529 g/mol. The van der Waals surface area contributed by atoms with Gasteiger partial charge < -0.3 is 15.4 Å². The Morgan fingerprint density at radius 3 is 2.89 bits per heavy atom. The zero-order chi connectivity index (χ0) is 18.8. The smallest absolute Gasteiger partial charge is 0.213 e. The van der Waals surface area contributed by atoms with Crippen molar-refractivity contribution in [2.75, 3.05) is 25.4 Å². The van der Waals surface area contributed by atoms with Crippen molar-refractivity contribution in [2.45, 2.75) is 50.8 Å². The van der Waals surface area contributed by atoms with Gasteiger partial charge in [0.15, 0.2) is 5.96 Å². The summed E-state index contributed by atoms with van der Waals surface area (Å²) >= 11 is 5.81. The Bertz CT molecular complexity index is 604. The molecule has 1 aliphatic rings. The minimum atomic E-state index is -0.719. The summed E-state index contributed by atoms with van der Waals surface area (Å²) in [5.41, 5.74) is 0. The quantitative estimate of drug-likeness (QED) is 0.234. The van der Waals surface area contributed by atoms with Crippen LogP contribution in [-0.2, 0) is 10.8 Å². The highest BCUT2D eigenvalue weighted by atomic mass is 127. The van der Waals surface area contributed by atoms with Crippen LogP contribution in [0.5, 0.6) is 5.88 Å². The van der Waals surface area contributed by atoms with Crippen molar-refractivity contribution in [3.63, 3.8) is 0 Å². The van der Waals surface area contributed by atoms with Crippen LogP contribution in [-0.4, -0.2) is 51.9 Å². The fourth-order valence-corrected chi connectivity index (χ4v) is 4.48. The van der Waals surface area contributed by atoms with Gasteiger partial charge in [-0.15, -0.1) is 24.0 Å². The van der Waals surface area contributed by atoms with Crippen LogP contribution >= 0.6 is 35.6 Å². The molecule has 0 bridgehead atoms. The van der Waals surface area contributed by atoms with Gasteiger partial charge in [-0.05, 0) is 32.3 Å². The number of ether oxygens (including phenoxy) is 1. The number of guanidine groups is 1. The summed E-state index contributed by atoms with van der Waals surface area (Å²) in [7, 11) is -0.719. The van der Waals surface area contributed by atoms with Crippen molar-refractivity contribution in [1.82, 2.24) is 15.6 Å². The normalized spacial score (nSPS) is 21.1. The van der Waals surface area contributed by atoms with E-state index in [9.17, 15) is 4.21 Å². The fraction of sp³-hybridized carbons (Fsp3) is 0.667. The van der Waals surface area contributed by atoms with E-state index < -0.39 is 10.8 Å². The molecule has 0 aliphatic heterocycles. The lowest BCUT2D eigenvalue weighted by atomic mass is 9.95. The average Bonchev–Trinajstić information content (AvgIpc) is 2.66. The van der Waals surface area contributed by atoms with E-state index in [2.05, 4.69) is 20.6 Å². The topological polar surface area (TPSA) is 75.6 Å². The van der Waals surface area contributed by atoms with Crippen LogP contribution in [0.2, 0.25) is 5.02 Å². The van der Waals surface area contributed by atoms with Crippen molar-refractivity contribution < 1.29 is 8.95 Å². The van der Waals surface area contributed by atoms with Gasteiger partial charge in [0.2, 0.25) is 5.88 Å². The number of rotatable bonds is 8. The molecule has 1 aliphatic carbocycles. The monoisotopic (exact) mass is 528 g/mol. The van der Waals surface area contributed by atoms with Crippen LogP contribution in [0.15, 0.2) is 23.3 Å². The first-order chi connectivity index (χ1) is 12.6. The number of halogens is 2. The lowest BCUT2D eigenvalue weighted by molar-refractivity contribution is 0.315. The number of aromatic nitrogens is 1. The number of aliphatic imine (C=N–C) groups is 1. The van der Waals surface area contributed by atoms with Crippen molar-refractivity contribution in [3.8, 4) is 5.88 Å². The highest BCUT2D eigenvalue weighted by Gasteiger charge is 2.25. The Balaban J connectivity index is 0.00000364. The number of pyridine rings is 1. The second-order valence-corrected chi connectivity index (χ2v) is 8.67. The summed E-state index contributed by atoms with van der Waals surface area (Å²) in [5.74, 6) is 2.06. The molecule has 154 valence electrons. The number of nitrogens with one attached hydrogen (secondary N) is 2. The van der Waals surface area contributed by atoms with Gasteiger partial charge in [-0.3, -0.25) is 4.21 Å². The van der Waals surface area contributed by atoms with E-state index in [4.69, 9.17) is 16.3 Å². The summed E-state index contributed by atoms with van der Waals surface area (Å²) < 4.78 is 17.7. The predicted octanol–water partition coefficient (Wildman–Crippen LogP) is 3.37. The Morgan fingerprint density at radius 2 is 2.22 bits per heavy atom. The van der Waals surface area contributed by atoms with E-state index in [-0.39, 0.29) is 24.0 Å². The largest absolute Gasteiger partial charge is 0.476 e. The van der Waals surface area contributed by atoms with Gasteiger partial charge >= 0.3 is 0 Å². The van der Waals surface area contributed by atoms with Crippen LogP contribution in [0, 0.1) is 0 Å². The molecule has 0 aromatic carbocycles. The van der Waals surface area contributed by atoms with Crippen LogP contribution in [0.25, 0.3) is 0 Å². The highest BCUT2D eigenvalue weighted by molar-refractivity contribution is 14.0. The Labute approximate surface area is 186 Å². The van der Waals surface area contributed by atoms with E-state index in [0.29, 0.717) is 35.3 Å². The van der Waals surface area contributed by atoms with Crippen molar-refractivity contribution in [2.24, 2.45) is 4.99 Å². The van der Waals surface area contributed by atoms with Gasteiger partial charge in [0.1, 0.15) is 6.61 Å². The number of hydrogen-bond acceptors (Lipinski definition) is 4. The van der Waals surface area contributed by atoms with E-state index in [1.807, 2.05) is 13.8 Å². The van der Waals surface area contributed by atoms with Crippen LogP contribution in [0.1, 0.15) is 39.5 Å². The molecule has 3 unspecified atom stereocenters. The molecule has 2 N–H and O–H groups in total. The maximum atomic E-state index is 12.1. The summed E-state index contributed by atoms with van der Waals surface area (Å²) in [5, 5.41) is 7.64. The van der Waals surface area contributed by atoms with E-state index in [1.165, 1.54) is 0 Å². The van der Waals surface area contributed by atoms with Crippen molar-refractivity contribution >= 4 is 52.3 Å². The fourth-order valence-electron chi connectivity index (χ4n) is 3.02. The molecule has 9 heteroatoms. The molecule has 0 amide bonds. The third-order valence-electron chi connectivity index (χ3n) is 4.28. The third-order valence-corrected chi connectivity index (χ3v) is 6.24. The van der Waals surface area contributed by atoms with Gasteiger partial charge in [0.25, 0.3) is 0 Å². The maximum absolute atomic E-state index is 12.1. The van der Waals surface area contributed by atoms with Crippen molar-refractivity contribution in [3.05, 3.63) is 23.4 Å². The lowest BCUT2D eigenvalue weighted by Gasteiger charge is -2.30. The standard InChI is InChI=1S/C18H29ClN4O2S.HI/c1-3-20-18(21-10-11-25-17-9-8-14(19)13-22-17)23-15-6-5-7-16(12-15)26(24)4-2;/h8-9,13,15-16H,3-7,10-12H2,1-2H3,(H2,20,21,23);1H. The molecule has 1 heterocycles. The minimum absolute atomic E-state index is 0. The van der Waals surface area contributed by atoms with Crippen molar-refractivity contribution in [1.29, 1.82) is 0 Å². The molecule has 0 spiro atoms. The Kier molecular flexibility index (Phi) is 12.3. The molecule has 1 aromatic rings. The van der Waals surface area contributed by atoms with Crippen LogP contribution in [0.3, 0.4) is 0 Å². The summed E-state index contributed by atoms with van der Waals surface area (Å²) in [6.07, 6.45) is 5.77. The zero-order valence-corrected chi connectivity index (χ0v) is 19.9. The van der Waals surface area contributed by atoms with E-state index in [0.717, 1.165) is 43.9 Å². The molecule has 6 nitrogen and oxygen atoms in total. The molecule has 1 aromatic heterocycles. The van der Waals surface area contributed by atoms with Crippen LogP contribution < -0.4 is 15.4 Å². The van der Waals surface area contributed by atoms with E-state index >= 15 is 0 Å². The molecular weight excluding hydrogens is 499 g/mol. The summed E-state index contributed by atoms with van der Waals surface area (Å²) in [6, 6.07) is 3.81. The summed E-state index contributed by atoms with van der Waals surface area (Å²) in [6.45, 7) is 5.80. The molecular formula is C18H30ClIN4O2S. The molecule has 1 saturated carbocycles. The number of nitrogens with zero attached hydrogens (tertiary/aromatic N) is 2. The van der Waals surface area contributed by atoms with Gasteiger partial charge in [-0.25, -0.2) is 9.98 Å². The van der Waals surface area contributed by atoms with E-state index in [1.54, 1.807) is 18.3 Å². The molecule has 2 rings (SSSR count). The first kappa shape index (κ1) is 24.4. The molecule has 3 atom stereocenters. The summed E-state index contributed by atoms with van der Waals surface area (Å²) in [4.78, 5) is 8.66. The predicted molar refractivity (Wildman–Crippen MR) is 124 cm³/mol. The van der Waals surface area contributed by atoms with Gasteiger partial charge in [-0.1, -0.05) is 24.9 Å². The molecule has 27 heavy (non-hydrogen) atoms. The van der Waals surface area contributed by atoms with Gasteiger partial charge in [-0.2, -0.15) is 0 Å². The second-order valence-electron chi connectivity index (χ2n) is 6.22. The Morgan fingerprint density at radius 1 is 1.41 bits per heavy atom. The third kappa shape index (κ3) is 8.95. The van der Waals surface area contributed by atoms with Gasteiger partial charge in [0, 0.05) is 46.7 Å².